The topological polar surface area (TPSA) is 77.2 Å². The number of hydrogen-bond donors (Lipinski definition) is 1. The predicted octanol–water partition coefficient (Wildman–Crippen LogP) is 1.51. The Hall–Kier alpha value is -2.64. The highest BCUT2D eigenvalue weighted by Crippen LogP contribution is 2.08. The lowest BCUT2D eigenvalue weighted by Crippen LogP contribution is -2.31. The smallest absolute Gasteiger partial charge is 0.277 e. The Morgan fingerprint density at radius 2 is 1.92 bits per heavy atom. The summed E-state index contributed by atoms with van der Waals surface area (Å²) >= 11 is 0. The summed E-state index contributed by atoms with van der Waals surface area (Å²) in [5.74, 6) is -0.358. The summed E-state index contributed by atoms with van der Waals surface area (Å²) in [6, 6.07) is 13.1. The first-order valence-electron chi connectivity index (χ1n) is 7.47. The third-order valence-electron chi connectivity index (χ3n) is 3.54. The van der Waals surface area contributed by atoms with Gasteiger partial charge in [0.2, 0.25) is 0 Å². The van der Waals surface area contributed by atoms with E-state index in [4.69, 9.17) is 4.74 Å². The standard InChI is InChI=1S/C17H16FN3O3/c18-15-7-3-1-5-12(15)10-24-11-13(22)9-21-17(23)14-6-2-4-8-16(14)19-20-21/h1-8,13,22H,9-11H2/t13-/m0/s1. The van der Waals surface area contributed by atoms with Crippen LogP contribution in [0.4, 0.5) is 4.39 Å². The molecule has 1 N–H and O–H groups in total. The van der Waals surface area contributed by atoms with Crippen molar-refractivity contribution in [2.75, 3.05) is 6.61 Å². The van der Waals surface area contributed by atoms with Gasteiger partial charge in [0.25, 0.3) is 5.56 Å². The maximum absolute atomic E-state index is 13.5. The molecule has 1 atom stereocenters. The summed E-state index contributed by atoms with van der Waals surface area (Å²) < 4.78 is 19.9. The molecule has 0 saturated heterocycles. The normalized spacial score (nSPS) is 12.4. The fourth-order valence-electron chi connectivity index (χ4n) is 2.32. The first kappa shape index (κ1) is 16.2. The molecule has 0 aliphatic rings. The van der Waals surface area contributed by atoms with E-state index in [2.05, 4.69) is 10.3 Å². The fraction of sp³-hybridized carbons (Fsp3) is 0.235. The molecule has 0 radical (unpaired) electrons. The van der Waals surface area contributed by atoms with E-state index >= 15 is 0 Å². The Morgan fingerprint density at radius 3 is 2.75 bits per heavy atom. The minimum Gasteiger partial charge on any atom is -0.389 e. The average molecular weight is 329 g/mol. The molecule has 124 valence electrons. The number of hydrogen-bond acceptors (Lipinski definition) is 5. The zero-order valence-electron chi connectivity index (χ0n) is 12.8. The number of aliphatic hydroxyl groups is 1. The van der Waals surface area contributed by atoms with Crippen molar-refractivity contribution in [2.45, 2.75) is 19.3 Å². The summed E-state index contributed by atoms with van der Waals surface area (Å²) in [6.45, 7) is -0.0503. The lowest BCUT2D eigenvalue weighted by atomic mass is 10.2. The number of nitrogens with zero attached hydrogens (tertiary/aromatic N) is 3. The highest BCUT2D eigenvalue weighted by Gasteiger charge is 2.11. The number of ether oxygens (including phenoxy) is 1. The molecule has 7 heteroatoms. The molecule has 6 nitrogen and oxygen atoms in total. The third-order valence-corrected chi connectivity index (χ3v) is 3.54. The number of aromatic nitrogens is 3. The summed E-state index contributed by atoms with van der Waals surface area (Å²) in [4.78, 5) is 12.3. The van der Waals surface area contributed by atoms with Crippen molar-refractivity contribution in [3.63, 3.8) is 0 Å². The minimum atomic E-state index is -0.954. The Bertz CT molecular complexity index is 897. The van der Waals surface area contributed by atoms with E-state index in [1.54, 1.807) is 42.5 Å². The van der Waals surface area contributed by atoms with Gasteiger partial charge in [0.1, 0.15) is 11.3 Å². The summed E-state index contributed by atoms with van der Waals surface area (Å²) in [5, 5.41) is 18.2. The maximum Gasteiger partial charge on any atom is 0.277 e. The zero-order valence-corrected chi connectivity index (χ0v) is 12.8. The second kappa shape index (κ2) is 7.29. The largest absolute Gasteiger partial charge is 0.389 e. The maximum atomic E-state index is 13.5. The zero-order chi connectivity index (χ0) is 16.9. The molecule has 1 heterocycles. The van der Waals surface area contributed by atoms with E-state index in [0.29, 0.717) is 16.5 Å². The first-order chi connectivity index (χ1) is 11.6. The highest BCUT2D eigenvalue weighted by molar-refractivity contribution is 5.76. The second-order valence-electron chi connectivity index (χ2n) is 5.35. The SMILES string of the molecule is O=c1c2ccccc2nnn1C[C@H](O)COCc1ccccc1F. The first-order valence-corrected chi connectivity index (χ1v) is 7.47. The molecule has 0 fully saturated rings. The number of fused-ring (bicyclic) bond motifs is 1. The van der Waals surface area contributed by atoms with Gasteiger partial charge in [0.15, 0.2) is 0 Å². The van der Waals surface area contributed by atoms with Gasteiger partial charge >= 0.3 is 0 Å². The molecule has 0 unspecified atom stereocenters. The van der Waals surface area contributed by atoms with Crippen molar-refractivity contribution >= 4 is 10.9 Å². The van der Waals surface area contributed by atoms with Crippen molar-refractivity contribution in [1.29, 1.82) is 0 Å². The summed E-state index contributed by atoms with van der Waals surface area (Å²) in [6.07, 6.45) is -0.954. The van der Waals surface area contributed by atoms with Gasteiger partial charge in [-0.3, -0.25) is 4.79 Å². The van der Waals surface area contributed by atoms with Crippen LogP contribution in [0.3, 0.4) is 0 Å². The van der Waals surface area contributed by atoms with Gasteiger partial charge in [-0.2, -0.15) is 0 Å². The van der Waals surface area contributed by atoms with Gasteiger partial charge in [0.05, 0.1) is 31.2 Å². The molecule has 0 aliphatic carbocycles. The van der Waals surface area contributed by atoms with Gasteiger partial charge < -0.3 is 9.84 Å². The van der Waals surface area contributed by atoms with Crippen molar-refractivity contribution in [2.24, 2.45) is 0 Å². The van der Waals surface area contributed by atoms with E-state index in [1.165, 1.54) is 6.07 Å². The summed E-state index contributed by atoms with van der Waals surface area (Å²) in [5.41, 5.74) is 0.588. The molecule has 0 spiro atoms. The molecule has 0 saturated carbocycles. The van der Waals surface area contributed by atoms with Crippen LogP contribution in [0.5, 0.6) is 0 Å². The molecule has 0 amide bonds. The number of halogens is 1. The van der Waals surface area contributed by atoms with Crippen molar-refractivity contribution in [1.82, 2.24) is 15.0 Å². The summed E-state index contributed by atoms with van der Waals surface area (Å²) in [7, 11) is 0. The minimum absolute atomic E-state index is 0.0437. The highest BCUT2D eigenvalue weighted by atomic mass is 19.1. The number of aliphatic hydroxyl groups excluding tert-OH is 1. The van der Waals surface area contributed by atoms with Crippen LogP contribution in [-0.2, 0) is 17.9 Å². The average Bonchev–Trinajstić information content (AvgIpc) is 2.59. The number of benzene rings is 2. The van der Waals surface area contributed by atoms with Crippen LogP contribution in [0, 0.1) is 5.82 Å². The molecule has 24 heavy (non-hydrogen) atoms. The quantitative estimate of drug-likeness (QED) is 0.742. The van der Waals surface area contributed by atoms with E-state index in [-0.39, 0.29) is 31.1 Å². The molecule has 3 rings (SSSR count). The molecular formula is C17H16FN3O3. The van der Waals surface area contributed by atoms with Crippen LogP contribution in [0.1, 0.15) is 5.56 Å². The van der Waals surface area contributed by atoms with Crippen LogP contribution in [-0.4, -0.2) is 32.8 Å². The molecule has 1 aromatic heterocycles. The van der Waals surface area contributed by atoms with Crippen LogP contribution >= 0.6 is 0 Å². The monoisotopic (exact) mass is 329 g/mol. The third kappa shape index (κ3) is 3.64. The van der Waals surface area contributed by atoms with E-state index in [1.807, 2.05) is 0 Å². The van der Waals surface area contributed by atoms with Gasteiger partial charge in [-0.25, -0.2) is 9.07 Å². The van der Waals surface area contributed by atoms with Crippen molar-refractivity contribution < 1.29 is 14.2 Å². The van der Waals surface area contributed by atoms with Crippen molar-refractivity contribution in [3.8, 4) is 0 Å². The molecule has 2 aromatic carbocycles. The van der Waals surface area contributed by atoms with Crippen LogP contribution in [0.2, 0.25) is 0 Å². The van der Waals surface area contributed by atoms with E-state index in [0.717, 1.165) is 4.68 Å². The second-order valence-corrected chi connectivity index (χ2v) is 5.35. The Labute approximate surface area is 137 Å². The van der Waals surface area contributed by atoms with E-state index < -0.39 is 6.10 Å². The predicted molar refractivity (Wildman–Crippen MR) is 85.9 cm³/mol. The lowest BCUT2D eigenvalue weighted by Gasteiger charge is -2.12. The van der Waals surface area contributed by atoms with Crippen LogP contribution in [0.15, 0.2) is 53.3 Å². The molecule has 3 aromatic rings. The van der Waals surface area contributed by atoms with Gasteiger partial charge in [-0.1, -0.05) is 35.5 Å². The molecule has 0 aliphatic heterocycles. The Morgan fingerprint density at radius 1 is 1.17 bits per heavy atom. The van der Waals surface area contributed by atoms with Gasteiger partial charge in [0, 0.05) is 5.56 Å². The van der Waals surface area contributed by atoms with Gasteiger partial charge in [-0.05, 0) is 18.2 Å². The van der Waals surface area contributed by atoms with Crippen LogP contribution < -0.4 is 5.56 Å². The van der Waals surface area contributed by atoms with E-state index in [9.17, 15) is 14.3 Å². The fourth-order valence-corrected chi connectivity index (χ4v) is 2.32. The Kier molecular flexibility index (Phi) is 4.93. The van der Waals surface area contributed by atoms with Crippen LogP contribution in [0.25, 0.3) is 10.9 Å². The molecular weight excluding hydrogens is 313 g/mol. The van der Waals surface area contributed by atoms with Crippen molar-refractivity contribution in [3.05, 3.63) is 70.3 Å². The molecule has 0 bridgehead atoms. The number of rotatable bonds is 6. The Balaban J connectivity index is 1.61. The lowest BCUT2D eigenvalue weighted by molar-refractivity contribution is 0.0168. The van der Waals surface area contributed by atoms with Gasteiger partial charge in [-0.15, -0.1) is 5.10 Å².